The van der Waals surface area contributed by atoms with Crippen molar-refractivity contribution in [2.45, 2.75) is 43.5 Å². The molecule has 0 spiro atoms. The van der Waals surface area contributed by atoms with Gasteiger partial charge in [0.2, 0.25) is 0 Å². The number of aromatic nitrogens is 1. The second-order valence-electron chi connectivity index (χ2n) is 9.40. The molecule has 0 aromatic carbocycles. The molecule has 2 atom stereocenters. The molecule has 0 saturated carbocycles. The van der Waals surface area contributed by atoms with Gasteiger partial charge in [-0.3, -0.25) is 14.7 Å². The molecule has 12 nitrogen and oxygen atoms in total. The molecular weight excluding hydrogens is 643 g/mol. The van der Waals surface area contributed by atoms with E-state index in [9.17, 15) is 44.3 Å². The number of halogens is 9. The van der Waals surface area contributed by atoms with Crippen LogP contribution in [0.4, 0.5) is 39.5 Å². The van der Waals surface area contributed by atoms with Crippen LogP contribution in [0.15, 0.2) is 24.4 Å². The second kappa shape index (κ2) is 17.1. The van der Waals surface area contributed by atoms with Crippen LogP contribution in [0.1, 0.15) is 23.3 Å². The summed E-state index contributed by atoms with van der Waals surface area (Å²) < 4.78 is 101. The van der Waals surface area contributed by atoms with Gasteiger partial charge in [0.25, 0.3) is 5.91 Å². The average molecular weight is 672 g/mol. The summed E-state index contributed by atoms with van der Waals surface area (Å²) in [5.41, 5.74) is 0.528. The predicted molar refractivity (Wildman–Crippen MR) is 132 cm³/mol. The Morgan fingerprint density at radius 3 is 1.69 bits per heavy atom. The van der Waals surface area contributed by atoms with Crippen LogP contribution < -0.4 is 0 Å². The molecule has 4 rings (SSSR count). The third kappa shape index (κ3) is 14.3. The number of rotatable bonds is 4. The number of carbonyl (C=O) groups is 4. The van der Waals surface area contributed by atoms with Crippen molar-refractivity contribution in [3.05, 3.63) is 30.1 Å². The molecule has 3 aliphatic rings. The van der Waals surface area contributed by atoms with Crippen molar-refractivity contribution in [2.75, 3.05) is 52.4 Å². The van der Waals surface area contributed by atoms with Crippen LogP contribution in [0.3, 0.4) is 0 Å². The van der Waals surface area contributed by atoms with Gasteiger partial charge in [0.15, 0.2) is 0 Å². The first kappa shape index (κ1) is 39.3. The van der Waals surface area contributed by atoms with Gasteiger partial charge in [-0.1, -0.05) is 6.07 Å². The second-order valence-corrected chi connectivity index (χ2v) is 9.40. The molecule has 1 aromatic rings. The van der Waals surface area contributed by atoms with Crippen LogP contribution in [-0.4, -0.2) is 142 Å². The van der Waals surface area contributed by atoms with E-state index in [-0.39, 0.29) is 12.0 Å². The largest absolute Gasteiger partial charge is 0.490 e. The minimum Gasteiger partial charge on any atom is -0.475 e. The Kier molecular flexibility index (Phi) is 14.9. The topological polar surface area (TPSA) is 161 Å². The van der Waals surface area contributed by atoms with Gasteiger partial charge in [-0.05, 0) is 38.1 Å². The zero-order chi connectivity index (χ0) is 34.6. The molecule has 0 unspecified atom stereocenters. The summed E-state index contributed by atoms with van der Waals surface area (Å²) in [4.78, 5) is 50.5. The van der Waals surface area contributed by atoms with Gasteiger partial charge in [0, 0.05) is 38.9 Å². The van der Waals surface area contributed by atoms with Gasteiger partial charge >= 0.3 is 36.4 Å². The maximum absolute atomic E-state index is 12.6. The lowest BCUT2D eigenvalue weighted by Gasteiger charge is -2.37. The van der Waals surface area contributed by atoms with Gasteiger partial charge in [-0.2, -0.15) is 39.5 Å². The SMILES string of the molecule is O=C(O)C(F)(F)F.O=C(O)C(F)(F)F.O=C(O)C(F)(F)F.O=C(c1ccccn1)N1C[C@@H]2OCCN(CCN3CCCC3)[C@@H]2C1. The fourth-order valence-electron chi connectivity index (χ4n) is 4.13. The van der Waals surface area contributed by atoms with Crippen molar-refractivity contribution in [2.24, 2.45) is 0 Å². The van der Waals surface area contributed by atoms with Crippen molar-refractivity contribution in [3.63, 3.8) is 0 Å². The number of hydrogen-bond donors (Lipinski definition) is 3. The monoisotopic (exact) mass is 672 g/mol. The number of alkyl halides is 9. The molecule has 0 aliphatic carbocycles. The number of pyridine rings is 1. The highest BCUT2D eigenvalue weighted by Gasteiger charge is 2.42. The van der Waals surface area contributed by atoms with Crippen LogP contribution >= 0.6 is 0 Å². The summed E-state index contributed by atoms with van der Waals surface area (Å²) in [7, 11) is 0. The van der Waals surface area contributed by atoms with Crippen molar-refractivity contribution < 1.29 is 78.7 Å². The van der Waals surface area contributed by atoms with Crippen molar-refractivity contribution >= 4 is 23.8 Å². The molecule has 256 valence electrons. The van der Waals surface area contributed by atoms with E-state index in [1.807, 2.05) is 17.0 Å². The lowest BCUT2D eigenvalue weighted by molar-refractivity contribution is -0.193. The van der Waals surface area contributed by atoms with E-state index in [1.54, 1.807) is 12.3 Å². The number of amides is 1. The number of carbonyl (C=O) groups excluding carboxylic acids is 1. The smallest absolute Gasteiger partial charge is 0.475 e. The summed E-state index contributed by atoms with van der Waals surface area (Å²) in [5, 5.41) is 21.4. The van der Waals surface area contributed by atoms with E-state index in [4.69, 9.17) is 34.4 Å². The van der Waals surface area contributed by atoms with E-state index < -0.39 is 36.4 Å². The molecule has 0 radical (unpaired) electrons. The van der Waals surface area contributed by atoms with Gasteiger partial charge in [-0.25, -0.2) is 14.4 Å². The van der Waals surface area contributed by atoms with Crippen LogP contribution in [0.5, 0.6) is 0 Å². The maximum Gasteiger partial charge on any atom is 0.490 e. The summed E-state index contributed by atoms with van der Waals surface area (Å²) >= 11 is 0. The van der Waals surface area contributed by atoms with Gasteiger partial charge in [-0.15, -0.1) is 0 Å². The average Bonchev–Trinajstić information content (AvgIpc) is 3.62. The molecule has 3 fully saturated rings. The maximum atomic E-state index is 12.6. The Morgan fingerprint density at radius 1 is 0.778 bits per heavy atom. The molecule has 3 saturated heterocycles. The van der Waals surface area contributed by atoms with Gasteiger partial charge in [0.05, 0.1) is 18.8 Å². The van der Waals surface area contributed by atoms with Crippen molar-refractivity contribution in [1.29, 1.82) is 0 Å². The number of carboxylic acid groups (broad SMARTS) is 3. The highest BCUT2D eigenvalue weighted by Crippen LogP contribution is 2.24. The third-order valence-corrected chi connectivity index (χ3v) is 6.22. The van der Waals surface area contributed by atoms with E-state index in [1.165, 1.54) is 25.9 Å². The normalized spacial score (nSPS) is 20.3. The van der Waals surface area contributed by atoms with Gasteiger partial charge in [0.1, 0.15) is 5.69 Å². The minimum absolute atomic E-state index is 0.0214. The fraction of sp³-hybridized carbons (Fsp3) is 0.625. The summed E-state index contributed by atoms with van der Waals surface area (Å²) in [6.45, 7) is 7.87. The van der Waals surface area contributed by atoms with E-state index in [2.05, 4.69) is 14.8 Å². The van der Waals surface area contributed by atoms with E-state index >= 15 is 0 Å². The van der Waals surface area contributed by atoms with Crippen molar-refractivity contribution in [3.8, 4) is 0 Å². The number of nitrogens with zero attached hydrogens (tertiary/aromatic N) is 4. The van der Waals surface area contributed by atoms with Crippen LogP contribution in [0, 0.1) is 0 Å². The summed E-state index contributed by atoms with van der Waals surface area (Å²) in [6.07, 6.45) is -10.8. The highest BCUT2D eigenvalue weighted by molar-refractivity contribution is 5.92. The van der Waals surface area contributed by atoms with Crippen LogP contribution in [0.2, 0.25) is 0 Å². The molecule has 4 heterocycles. The Hall–Kier alpha value is -3.72. The van der Waals surface area contributed by atoms with E-state index in [0.29, 0.717) is 18.3 Å². The molecule has 0 bridgehead atoms. The molecule has 45 heavy (non-hydrogen) atoms. The third-order valence-electron chi connectivity index (χ3n) is 6.22. The fourth-order valence-corrected chi connectivity index (χ4v) is 4.13. The van der Waals surface area contributed by atoms with Gasteiger partial charge < -0.3 is 29.9 Å². The van der Waals surface area contributed by atoms with Crippen LogP contribution in [0.25, 0.3) is 0 Å². The lowest BCUT2D eigenvalue weighted by atomic mass is 10.1. The first-order valence-corrected chi connectivity index (χ1v) is 12.8. The zero-order valence-corrected chi connectivity index (χ0v) is 23.1. The summed E-state index contributed by atoms with van der Waals surface area (Å²) in [5.74, 6) is -8.25. The minimum atomic E-state index is -5.08. The number of hydrogen-bond acceptors (Lipinski definition) is 8. The Bertz CT molecular complexity index is 1060. The number of likely N-dealkylation sites (tertiary alicyclic amines) is 2. The Balaban J connectivity index is 0.000000396. The first-order chi connectivity index (χ1) is 20.6. The molecule has 1 aromatic heterocycles. The number of ether oxygens (including phenoxy) is 1. The number of aliphatic carboxylic acids is 3. The first-order valence-electron chi connectivity index (χ1n) is 12.8. The number of morpholine rings is 1. The van der Waals surface area contributed by atoms with Crippen molar-refractivity contribution in [1.82, 2.24) is 19.7 Å². The number of carboxylic acids is 3. The Labute approximate surface area is 248 Å². The zero-order valence-electron chi connectivity index (χ0n) is 23.1. The highest BCUT2D eigenvalue weighted by atomic mass is 19.4. The summed E-state index contributed by atoms with van der Waals surface area (Å²) in [6, 6.07) is 5.82. The molecule has 1 amide bonds. The molecular formula is C24H29F9N4O8. The lowest BCUT2D eigenvalue weighted by Crippen LogP contribution is -2.52. The molecule has 3 aliphatic heterocycles. The number of fused-ring (bicyclic) bond motifs is 1. The Morgan fingerprint density at radius 2 is 1.27 bits per heavy atom. The van der Waals surface area contributed by atoms with E-state index in [0.717, 1.165) is 32.8 Å². The van der Waals surface area contributed by atoms with Crippen LogP contribution in [-0.2, 0) is 19.1 Å². The molecule has 3 N–H and O–H groups in total. The molecule has 21 heteroatoms. The standard InChI is InChI=1S/C18H26N4O2.3C2HF3O2/c23-18(15-5-1-2-6-19-15)22-13-16-17(14-22)24-12-11-21(16)10-9-20-7-3-4-8-20;3*3-2(4,5)1(6)7/h1-2,5-6,16-17H,3-4,7-14H2;3*(H,6,7)/t16-,17+;;;/m1.../s1. The predicted octanol–water partition coefficient (Wildman–Crippen LogP) is 2.60. The quantitative estimate of drug-likeness (QED) is 0.404.